The van der Waals surface area contributed by atoms with Gasteiger partial charge in [0.05, 0.1) is 21.6 Å². The quantitative estimate of drug-likeness (QED) is 0.148. The number of anilines is 4. The number of pyridine rings is 1. The number of aryl methyl sites for hydroxylation is 1. The molecule has 5 rings (SSSR count). The summed E-state index contributed by atoms with van der Waals surface area (Å²) in [6, 6.07) is 26.8. The number of nitro benzene ring substituents is 1. The van der Waals surface area contributed by atoms with E-state index in [1.165, 1.54) is 24.3 Å². The zero-order valence-corrected chi connectivity index (χ0v) is 18.8. The third-order valence-electron chi connectivity index (χ3n) is 5.58. The molecule has 8 heteroatoms. The van der Waals surface area contributed by atoms with Crippen LogP contribution in [0.1, 0.15) is 5.56 Å². The average molecular weight is 463 g/mol. The van der Waals surface area contributed by atoms with Gasteiger partial charge in [0.2, 0.25) is 0 Å². The van der Waals surface area contributed by atoms with Gasteiger partial charge in [0.1, 0.15) is 0 Å². The Bertz CT molecular complexity index is 1560. The van der Waals surface area contributed by atoms with Crippen molar-refractivity contribution in [2.75, 3.05) is 16.0 Å². The summed E-state index contributed by atoms with van der Waals surface area (Å²) < 4.78 is 0. The van der Waals surface area contributed by atoms with E-state index in [-0.39, 0.29) is 5.69 Å². The second kappa shape index (κ2) is 9.11. The first kappa shape index (κ1) is 21.8. The number of amides is 2. The van der Waals surface area contributed by atoms with Gasteiger partial charge < -0.3 is 16.0 Å². The molecule has 1 heterocycles. The number of para-hydroxylation sites is 1. The molecule has 0 aliphatic carbocycles. The van der Waals surface area contributed by atoms with E-state index in [0.29, 0.717) is 11.4 Å². The van der Waals surface area contributed by atoms with E-state index in [1.807, 2.05) is 42.5 Å². The molecule has 3 N–H and O–H groups in total. The Kier molecular flexibility index (Phi) is 5.68. The van der Waals surface area contributed by atoms with Crippen LogP contribution in [0.25, 0.3) is 21.8 Å². The maximum atomic E-state index is 12.3. The minimum Gasteiger partial charge on any atom is -0.354 e. The first-order valence-electron chi connectivity index (χ1n) is 10.9. The van der Waals surface area contributed by atoms with Crippen molar-refractivity contribution in [1.29, 1.82) is 0 Å². The molecular weight excluding hydrogens is 442 g/mol. The summed E-state index contributed by atoms with van der Waals surface area (Å²) in [7, 11) is 0. The minimum atomic E-state index is -0.488. The fourth-order valence-corrected chi connectivity index (χ4v) is 3.88. The van der Waals surface area contributed by atoms with Crippen LogP contribution in [0.4, 0.5) is 33.2 Å². The van der Waals surface area contributed by atoms with Gasteiger partial charge in [-0.2, -0.15) is 0 Å². The zero-order chi connectivity index (χ0) is 24.4. The molecule has 2 amide bonds. The van der Waals surface area contributed by atoms with E-state index in [0.717, 1.165) is 38.7 Å². The van der Waals surface area contributed by atoms with Gasteiger partial charge in [-0.25, -0.2) is 9.78 Å². The Balaban J connectivity index is 1.34. The fourth-order valence-electron chi connectivity index (χ4n) is 3.88. The number of hydrogen-bond donors (Lipinski definition) is 3. The van der Waals surface area contributed by atoms with Gasteiger partial charge in [-0.1, -0.05) is 29.8 Å². The third kappa shape index (κ3) is 4.72. The van der Waals surface area contributed by atoms with Gasteiger partial charge in [0.15, 0.2) is 0 Å². The summed E-state index contributed by atoms with van der Waals surface area (Å²) in [6.45, 7) is 2.06. The predicted molar refractivity (Wildman–Crippen MR) is 139 cm³/mol. The summed E-state index contributed by atoms with van der Waals surface area (Å²) in [4.78, 5) is 27.4. The number of rotatable bonds is 5. The van der Waals surface area contributed by atoms with Crippen LogP contribution in [0.5, 0.6) is 0 Å². The van der Waals surface area contributed by atoms with E-state index in [1.54, 1.807) is 12.1 Å². The molecule has 0 atom stereocenters. The van der Waals surface area contributed by atoms with Gasteiger partial charge in [-0.05, 0) is 61.5 Å². The van der Waals surface area contributed by atoms with Crippen LogP contribution in [-0.2, 0) is 0 Å². The minimum absolute atomic E-state index is 0.0380. The number of aromatic nitrogens is 1. The largest absolute Gasteiger partial charge is 0.354 e. The van der Waals surface area contributed by atoms with Crippen LogP contribution < -0.4 is 16.0 Å². The fraction of sp³-hybridized carbons (Fsp3) is 0.0370. The van der Waals surface area contributed by atoms with Crippen molar-refractivity contribution in [3.05, 3.63) is 107 Å². The predicted octanol–water partition coefficient (Wildman–Crippen LogP) is 6.99. The molecular formula is C27H21N5O3. The van der Waals surface area contributed by atoms with E-state index in [4.69, 9.17) is 4.98 Å². The van der Waals surface area contributed by atoms with E-state index >= 15 is 0 Å². The van der Waals surface area contributed by atoms with Gasteiger partial charge in [0.25, 0.3) is 5.69 Å². The maximum Gasteiger partial charge on any atom is 0.323 e. The second-order valence-corrected chi connectivity index (χ2v) is 8.11. The molecule has 0 saturated heterocycles. The number of nitrogens with zero attached hydrogens (tertiary/aromatic N) is 2. The highest BCUT2D eigenvalue weighted by Gasteiger charge is 2.11. The summed E-state index contributed by atoms with van der Waals surface area (Å²) in [5.41, 5.74) is 5.84. The maximum absolute atomic E-state index is 12.3. The molecule has 4 aromatic carbocycles. The standard InChI is InChI=1S/C27H21N5O3/c1-17-6-15-25-23(16-17)26(22-4-2-3-5-24(22)31-25)28-18-7-9-19(10-8-18)29-27(33)30-20-11-13-21(14-12-20)32(34)35/h2-16H,1H3,(H,28,31)(H2,29,30,33). The van der Waals surface area contributed by atoms with Gasteiger partial charge in [-0.15, -0.1) is 0 Å². The van der Waals surface area contributed by atoms with E-state index < -0.39 is 11.0 Å². The first-order chi connectivity index (χ1) is 17.0. The molecule has 1 aromatic heterocycles. The van der Waals surface area contributed by atoms with Crippen LogP contribution in [0, 0.1) is 17.0 Å². The number of nitrogens with one attached hydrogen (secondary N) is 3. The Hall–Kier alpha value is -4.98. The zero-order valence-electron chi connectivity index (χ0n) is 18.8. The Morgan fingerprint density at radius 3 is 2.06 bits per heavy atom. The number of non-ortho nitro benzene ring substituents is 1. The molecule has 0 aliphatic rings. The average Bonchev–Trinajstić information content (AvgIpc) is 2.85. The van der Waals surface area contributed by atoms with Crippen molar-refractivity contribution in [2.24, 2.45) is 0 Å². The Morgan fingerprint density at radius 1 is 0.771 bits per heavy atom. The van der Waals surface area contributed by atoms with E-state index in [9.17, 15) is 14.9 Å². The lowest BCUT2D eigenvalue weighted by atomic mass is 10.1. The lowest BCUT2D eigenvalue weighted by Crippen LogP contribution is -2.19. The summed E-state index contributed by atoms with van der Waals surface area (Å²) in [5.74, 6) is 0. The number of hydrogen-bond acceptors (Lipinski definition) is 5. The molecule has 0 saturated carbocycles. The lowest BCUT2D eigenvalue weighted by molar-refractivity contribution is -0.384. The smallest absolute Gasteiger partial charge is 0.323 e. The van der Waals surface area contributed by atoms with Crippen LogP contribution >= 0.6 is 0 Å². The molecule has 0 fully saturated rings. The third-order valence-corrected chi connectivity index (χ3v) is 5.58. The molecule has 172 valence electrons. The number of carbonyl (C=O) groups excluding carboxylic acids is 1. The van der Waals surface area contributed by atoms with Crippen molar-refractivity contribution < 1.29 is 9.72 Å². The van der Waals surface area contributed by atoms with Crippen molar-refractivity contribution in [3.63, 3.8) is 0 Å². The monoisotopic (exact) mass is 463 g/mol. The normalized spacial score (nSPS) is 10.8. The first-order valence-corrected chi connectivity index (χ1v) is 10.9. The van der Waals surface area contributed by atoms with Crippen molar-refractivity contribution >= 4 is 56.3 Å². The highest BCUT2D eigenvalue weighted by molar-refractivity contribution is 6.09. The second-order valence-electron chi connectivity index (χ2n) is 8.11. The highest BCUT2D eigenvalue weighted by atomic mass is 16.6. The van der Waals surface area contributed by atoms with Crippen LogP contribution in [-0.4, -0.2) is 15.9 Å². The number of benzene rings is 4. The Labute approximate surface area is 200 Å². The van der Waals surface area contributed by atoms with E-state index in [2.05, 4.69) is 35.0 Å². The lowest BCUT2D eigenvalue weighted by Gasteiger charge is -2.14. The number of fused-ring (bicyclic) bond motifs is 2. The van der Waals surface area contributed by atoms with Gasteiger partial charge >= 0.3 is 6.03 Å². The van der Waals surface area contributed by atoms with Crippen molar-refractivity contribution in [3.8, 4) is 0 Å². The Morgan fingerprint density at radius 2 is 1.37 bits per heavy atom. The van der Waals surface area contributed by atoms with Gasteiger partial charge in [0, 0.05) is 40.0 Å². The molecule has 8 nitrogen and oxygen atoms in total. The molecule has 0 bridgehead atoms. The number of carbonyl (C=O) groups is 1. The summed E-state index contributed by atoms with van der Waals surface area (Å²) in [5, 5.41) is 21.8. The number of nitro groups is 1. The van der Waals surface area contributed by atoms with Crippen LogP contribution in [0.2, 0.25) is 0 Å². The summed E-state index contributed by atoms with van der Waals surface area (Å²) >= 11 is 0. The van der Waals surface area contributed by atoms with Crippen LogP contribution in [0.15, 0.2) is 91.0 Å². The molecule has 5 aromatic rings. The topological polar surface area (TPSA) is 109 Å². The SMILES string of the molecule is Cc1ccc2nc3ccccc3c(Nc3ccc(NC(=O)Nc4ccc([N+](=O)[O-])cc4)cc3)c2c1. The molecule has 0 spiro atoms. The van der Waals surface area contributed by atoms with Crippen molar-refractivity contribution in [1.82, 2.24) is 4.98 Å². The van der Waals surface area contributed by atoms with Gasteiger partial charge in [-0.3, -0.25) is 10.1 Å². The number of urea groups is 1. The van der Waals surface area contributed by atoms with Crippen LogP contribution in [0.3, 0.4) is 0 Å². The molecule has 35 heavy (non-hydrogen) atoms. The van der Waals surface area contributed by atoms with Crippen molar-refractivity contribution in [2.45, 2.75) is 6.92 Å². The highest BCUT2D eigenvalue weighted by Crippen LogP contribution is 2.33. The summed E-state index contributed by atoms with van der Waals surface area (Å²) in [6.07, 6.45) is 0. The molecule has 0 radical (unpaired) electrons. The molecule has 0 unspecified atom stereocenters. The molecule has 0 aliphatic heterocycles.